The zero-order valence-corrected chi connectivity index (χ0v) is 11.5. The number of aromatic hydroxyl groups is 1. The largest absolute Gasteiger partial charge is 0.508 e. The molecule has 2 N–H and O–H groups in total. The van der Waals surface area contributed by atoms with Crippen LogP contribution in [0.1, 0.15) is 0 Å². The Balaban J connectivity index is 1.95. The van der Waals surface area contributed by atoms with Crippen molar-refractivity contribution in [1.29, 1.82) is 0 Å². The molecule has 0 aromatic heterocycles. The SMILES string of the molecule is Oc1ccc(NN(c2ccccc2)c2ccccc2)cc1. The number of hydrogen-bond donors (Lipinski definition) is 2. The van der Waals surface area contributed by atoms with E-state index in [1.165, 1.54) is 0 Å². The first-order valence-corrected chi connectivity index (χ1v) is 6.79. The van der Waals surface area contributed by atoms with Gasteiger partial charge in [-0.1, -0.05) is 36.4 Å². The third-order valence-corrected chi connectivity index (χ3v) is 3.14. The van der Waals surface area contributed by atoms with Crippen LogP contribution in [0.4, 0.5) is 17.1 Å². The van der Waals surface area contributed by atoms with Gasteiger partial charge in [-0.2, -0.15) is 0 Å². The summed E-state index contributed by atoms with van der Waals surface area (Å²) in [6.45, 7) is 0. The highest BCUT2D eigenvalue weighted by molar-refractivity contribution is 5.68. The van der Waals surface area contributed by atoms with E-state index in [-0.39, 0.29) is 5.75 Å². The topological polar surface area (TPSA) is 35.5 Å². The van der Waals surface area contributed by atoms with E-state index in [4.69, 9.17) is 0 Å². The summed E-state index contributed by atoms with van der Waals surface area (Å²) in [5.74, 6) is 0.256. The molecule has 0 aliphatic rings. The number of nitrogens with zero attached hydrogens (tertiary/aromatic N) is 1. The summed E-state index contributed by atoms with van der Waals surface area (Å²) in [7, 11) is 0. The van der Waals surface area contributed by atoms with Crippen molar-refractivity contribution in [2.45, 2.75) is 0 Å². The molecule has 0 heterocycles. The first kappa shape index (κ1) is 13.1. The zero-order chi connectivity index (χ0) is 14.5. The van der Waals surface area contributed by atoms with E-state index < -0.39 is 0 Å². The molecule has 3 rings (SSSR count). The maximum absolute atomic E-state index is 9.38. The van der Waals surface area contributed by atoms with Crippen LogP contribution in [0.2, 0.25) is 0 Å². The summed E-state index contributed by atoms with van der Waals surface area (Å²) in [6.07, 6.45) is 0. The number of hydrogen-bond acceptors (Lipinski definition) is 3. The summed E-state index contributed by atoms with van der Waals surface area (Å²) in [5.41, 5.74) is 6.34. The summed E-state index contributed by atoms with van der Waals surface area (Å²) < 4.78 is 0. The molecule has 3 aromatic rings. The van der Waals surface area contributed by atoms with Crippen molar-refractivity contribution in [3.05, 3.63) is 84.9 Å². The average molecular weight is 276 g/mol. The number of nitrogens with one attached hydrogen (secondary N) is 1. The number of para-hydroxylation sites is 2. The molecule has 0 aliphatic heterocycles. The first-order valence-electron chi connectivity index (χ1n) is 6.79. The van der Waals surface area contributed by atoms with Crippen LogP contribution in [0.15, 0.2) is 84.9 Å². The van der Waals surface area contributed by atoms with Gasteiger partial charge in [-0.3, -0.25) is 10.4 Å². The number of rotatable bonds is 4. The van der Waals surface area contributed by atoms with Crippen LogP contribution in [0.25, 0.3) is 0 Å². The maximum atomic E-state index is 9.38. The minimum atomic E-state index is 0.256. The molecule has 0 fully saturated rings. The Morgan fingerprint density at radius 2 is 1.10 bits per heavy atom. The van der Waals surface area contributed by atoms with Crippen LogP contribution in [0.5, 0.6) is 5.75 Å². The molecule has 0 aliphatic carbocycles. The molecule has 0 spiro atoms. The fourth-order valence-corrected chi connectivity index (χ4v) is 2.10. The summed E-state index contributed by atoms with van der Waals surface area (Å²) in [4.78, 5) is 0. The molecule has 0 bridgehead atoms. The van der Waals surface area contributed by atoms with Crippen molar-refractivity contribution in [1.82, 2.24) is 0 Å². The molecule has 0 unspecified atom stereocenters. The van der Waals surface area contributed by atoms with E-state index in [9.17, 15) is 5.11 Å². The van der Waals surface area contributed by atoms with Crippen LogP contribution < -0.4 is 10.4 Å². The Morgan fingerprint density at radius 3 is 1.57 bits per heavy atom. The molecular formula is C18H16N2O. The number of benzene rings is 3. The lowest BCUT2D eigenvalue weighted by molar-refractivity contribution is 0.475. The molecule has 3 aromatic carbocycles. The Hall–Kier alpha value is -2.94. The second-order valence-corrected chi connectivity index (χ2v) is 4.67. The highest BCUT2D eigenvalue weighted by Gasteiger charge is 2.08. The van der Waals surface area contributed by atoms with Gasteiger partial charge in [0.15, 0.2) is 0 Å². The van der Waals surface area contributed by atoms with Gasteiger partial charge in [-0.15, -0.1) is 0 Å². The van der Waals surface area contributed by atoms with Gasteiger partial charge in [0.25, 0.3) is 0 Å². The molecule has 3 nitrogen and oxygen atoms in total. The van der Waals surface area contributed by atoms with Gasteiger partial charge < -0.3 is 5.11 Å². The average Bonchev–Trinajstić information content (AvgIpc) is 2.56. The highest BCUT2D eigenvalue weighted by Crippen LogP contribution is 2.26. The predicted octanol–water partition coefficient (Wildman–Crippen LogP) is 4.56. The van der Waals surface area contributed by atoms with E-state index in [1.807, 2.05) is 77.8 Å². The van der Waals surface area contributed by atoms with E-state index in [0.29, 0.717) is 0 Å². The molecular weight excluding hydrogens is 260 g/mol. The number of hydrazine groups is 1. The van der Waals surface area contributed by atoms with Gasteiger partial charge in [0.2, 0.25) is 0 Å². The Bertz CT molecular complexity index is 642. The van der Waals surface area contributed by atoms with Crippen LogP contribution in [-0.2, 0) is 0 Å². The third-order valence-electron chi connectivity index (χ3n) is 3.14. The maximum Gasteiger partial charge on any atom is 0.115 e. The molecule has 21 heavy (non-hydrogen) atoms. The fourth-order valence-electron chi connectivity index (χ4n) is 2.10. The van der Waals surface area contributed by atoms with Gasteiger partial charge in [-0.05, 0) is 48.5 Å². The Morgan fingerprint density at radius 1 is 0.619 bits per heavy atom. The number of phenols is 1. The van der Waals surface area contributed by atoms with E-state index in [0.717, 1.165) is 17.1 Å². The van der Waals surface area contributed by atoms with Crippen molar-refractivity contribution in [2.75, 3.05) is 10.4 Å². The zero-order valence-electron chi connectivity index (χ0n) is 11.5. The number of phenolic OH excluding ortho intramolecular Hbond substituents is 1. The lowest BCUT2D eigenvalue weighted by Crippen LogP contribution is -2.24. The summed E-state index contributed by atoms with van der Waals surface area (Å²) >= 11 is 0. The van der Waals surface area contributed by atoms with Gasteiger partial charge in [0.05, 0.1) is 17.1 Å². The van der Waals surface area contributed by atoms with Crippen molar-refractivity contribution in [3.8, 4) is 5.75 Å². The van der Waals surface area contributed by atoms with Gasteiger partial charge in [0.1, 0.15) is 5.75 Å². The molecule has 0 amide bonds. The Labute approximate surface area is 124 Å². The van der Waals surface area contributed by atoms with E-state index in [1.54, 1.807) is 12.1 Å². The highest BCUT2D eigenvalue weighted by atomic mass is 16.3. The van der Waals surface area contributed by atoms with Crippen molar-refractivity contribution < 1.29 is 5.11 Å². The minimum absolute atomic E-state index is 0.256. The van der Waals surface area contributed by atoms with Crippen molar-refractivity contribution in [2.24, 2.45) is 0 Å². The standard InChI is InChI=1S/C18H16N2O/c21-18-13-11-15(12-14-18)19-20(16-7-3-1-4-8-16)17-9-5-2-6-10-17/h1-14,19,21H. The van der Waals surface area contributed by atoms with Crippen LogP contribution >= 0.6 is 0 Å². The van der Waals surface area contributed by atoms with Gasteiger partial charge in [-0.25, -0.2) is 0 Å². The smallest absolute Gasteiger partial charge is 0.115 e. The summed E-state index contributed by atoms with van der Waals surface area (Å²) in [6, 6.07) is 27.2. The number of anilines is 3. The molecule has 0 atom stereocenters. The van der Waals surface area contributed by atoms with Crippen LogP contribution in [-0.4, -0.2) is 5.11 Å². The van der Waals surface area contributed by atoms with Crippen LogP contribution in [0.3, 0.4) is 0 Å². The molecule has 0 radical (unpaired) electrons. The van der Waals surface area contributed by atoms with E-state index in [2.05, 4.69) is 5.43 Å². The minimum Gasteiger partial charge on any atom is -0.508 e. The lowest BCUT2D eigenvalue weighted by Gasteiger charge is -2.26. The molecule has 0 saturated carbocycles. The van der Waals surface area contributed by atoms with Gasteiger partial charge >= 0.3 is 0 Å². The first-order chi connectivity index (χ1) is 10.3. The molecule has 0 saturated heterocycles. The monoisotopic (exact) mass is 276 g/mol. The van der Waals surface area contributed by atoms with Crippen molar-refractivity contribution in [3.63, 3.8) is 0 Å². The third kappa shape index (κ3) is 3.15. The van der Waals surface area contributed by atoms with Crippen LogP contribution in [0, 0.1) is 0 Å². The predicted molar refractivity (Wildman–Crippen MR) is 86.8 cm³/mol. The molecule has 3 heteroatoms. The second-order valence-electron chi connectivity index (χ2n) is 4.67. The molecule has 104 valence electrons. The fraction of sp³-hybridized carbons (Fsp3) is 0. The van der Waals surface area contributed by atoms with E-state index >= 15 is 0 Å². The second kappa shape index (κ2) is 6.01. The summed E-state index contributed by atoms with van der Waals surface area (Å²) in [5, 5.41) is 11.4. The lowest BCUT2D eigenvalue weighted by atomic mass is 10.2. The Kier molecular flexibility index (Phi) is 3.74. The normalized spacial score (nSPS) is 10.1. The quantitative estimate of drug-likeness (QED) is 0.541. The van der Waals surface area contributed by atoms with Crippen molar-refractivity contribution >= 4 is 17.1 Å². The van der Waals surface area contributed by atoms with Gasteiger partial charge in [0, 0.05) is 0 Å².